The van der Waals surface area contributed by atoms with Crippen molar-refractivity contribution in [3.8, 4) is 22.8 Å². The summed E-state index contributed by atoms with van der Waals surface area (Å²) in [6, 6.07) is 30.8. The zero-order valence-electron chi connectivity index (χ0n) is 27.3. The third-order valence-corrected chi connectivity index (χ3v) is 9.30. The van der Waals surface area contributed by atoms with Gasteiger partial charge < -0.3 is 25.4 Å². The van der Waals surface area contributed by atoms with Gasteiger partial charge in [-0.25, -0.2) is 4.98 Å². The summed E-state index contributed by atoms with van der Waals surface area (Å²) in [6.45, 7) is 4.26. The van der Waals surface area contributed by atoms with Crippen LogP contribution in [0.3, 0.4) is 0 Å². The number of rotatable bonds is 14. The van der Waals surface area contributed by atoms with Crippen molar-refractivity contribution in [3.63, 3.8) is 0 Å². The van der Waals surface area contributed by atoms with E-state index in [9.17, 15) is 14.4 Å². The standard InChI is InChI=1S/C38H36N4O5S2/c1-4-34(37(45)42-38-41-32(24-48-38)26-16-11-18-29(21-26)46-3)49-30-19-12-17-28(23-30)39-36(44)31(40-35(43)25-13-7-6-8-14-25)22-27-15-9-10-20-33(27)47-5-2/h6-24,34H,4-5H2,1-3H3,(H,39,44)(H,40,43)(H,41,42,45)/b31-22+. The largest absolute Gasteiger partial charge is 0.497 e. The SMILES string of the molecule is CCOc1ccccc1/C=C(/NC(=O)c1ccccc1)C(=O)Nc1cccc(SC(CC)C(=O)Nc2nc(-c3cccc(OC)c3)cs2)c1. The zero-order chi connectivity index (χ0) is 34.6. The number of thiazole rings is 1. The van der Waals surface area contributed by atoms with E-state index in [-0.39, 0.29) is 11.6 Å². The van der Waals surface area contributed by atoms with E-state index < -0.39 is 17.1 Å². The Morgan fingerprint density at radius 1 is 0.898 bits per heavy atom. The topological polar surface area (TPSA) is 119 Å². The highest BCUT2D eigenvalue weighted by molar-refractivity contribution is 8.00. The summed E-state index contributed by atoms with van der Waals surface area (Å²) in [5.74, 6) is 0.204. The quantitative estimate of drug-likeness (QED) is 0.0794. The van der Waals surface area contributed by atoms with Crippen LogP contribution in [0.1, 0.15) is 36.2 Å². The first kappa shape index (κ1) is 34.9. The Morgan fingerprint density at radius 3 is 2.45 bits per heavy atom. The Balaban J connectivity index is 1.29. The van der Waals surface area contributed by atoms with Crippen molar-refractivity contribution in [1.82, 2.24) is 10.3 Å². The number of nitrogens with one attached hydrogen (secondary N) is 3. The van der Waals surface area contributed by atoms with E-state index >= 15 is 0 Å². The van der Waals surface area contributed by atoms with Gasteiger partial charge in [-0.1, -0.05) is 61.5 Å². The molecule has 0 radical (unpaired) electrons. The first-order valence-corrected chi connectivity index (χ1v) is 17.4. The molecular formula is C38H36N4O5S2. The van der Waals surface area contributed by atoms with E-state index in [2.05, 4.69) is 20.9 Å². The summed E-state index contributed by atoms with van der Waals surface area (Å²) in [7, 11) is 1.61. The summed E-state index contributed by atoms with van der Waals surface area (Å²) in [5, 5.41) is 10.6. The minimum absolute atomic E-state index is 0.0432. The van der Waals surface area contributed by atoms with Crippen LogP contribution < -0.4 is 25.4 Å². The third kappa shape index (κ3) is 9.59. The molecule has 1 atom stereocenters. The summed E-state index contributed by atoms with van der Waals surface area (Å²) in [6.07, 6.45) is 2.16. The van der Waals surface area contributed by atoms with Gasteiger partial charge >= 0.3 is 0 Å². The number of nitrogens with zero attached hydrogens (tertiary/aromatic N) is 1. The van der Waals surface area contributed by atoms with Gasteiger partial charge in [0.2, 0.25) is 5.91 Å². The number of hydrogen-bond donors (Lipinski definition) is 3. The summed E-state index contributed by atoms with van der Waals surface area (Å²) in [5.41, 5.74) is 3.24. The lowest BCUT2D eigenvalue weighted by molar-refractivity contribution is -0.116. The first-order chi connectivity index (χ1) is 23.9. The van der Waals surface area contributed by atoms with Gasteiger partial charge in [0.15, 0.2) is 5.13 Å². The number of hydrogen-bond acceptors (Lipinski definition) is 8. The van der Waals surface area contributed by atoms with Crippen LogP contribution in [0.25, 0.3) is 17.3 Å². The van der Waals surface area contributed by atoms with Crippen LogP contribution in [0.2, 0.25) is 0 Å². The van der Waals surface area contributed by atoms with Gasteiger partial charge in [0.05, 0.1) is 24.7 Å². The molecule has 1 unspecified atom stereocenters. The average molecular weight is 693 g/mol. The number of carbonyl (C=O) groups is 3. The number of aromatic nitrogens is 1. The van der Waals surface area contributed by atoms with Crippen LogP contribution in [0.4, 0.5) is 10.8 Å². The van der Waals surface area contributed by atoms with Crippen molar-refractivity contribution < 1.29 is 23.9 Å². The molecule has 250 valence electrons. The maximum atomic E-state index is 13.7. The van der Waals surface area contributed by atoms with Crippen LogP contribution in [0.5, 0.6) is 11.5 Å². The van der Waals surface area contributed by atoms with E-state index in [1.54, 1.807) is 61.7 Å². The van der Waals surface area contributed by atoms with Crippen LogP contribution >= 0.6 is 23.1 Å². The fourth-order valence-corrected chi connectivity index (χ4v) is 6.48. The van der Waals surface area contributed by atoms with E-state index in [4.69, 9.17) is 9.47 Å². The molecule has 0 fully saturated rings. The van der Waals surface area contributed by atoms with E-state index in [0.29, 0.717) is 40.7 Å². The number of ether oxygens (including phenoxy) is 2. The van der Waals surface area contributed by atoms with Gasteiger partial charge in [0, 0.05) is 32.7 Å². The van der Waals surface area contributed by atoms with Crippen molar-refractivity contribution in [2.24, 2.45) is 0 Å². The second-order valence-corrected chi connectivity index (χ2v) is 12.7. The monoisotopic (exact) mass is 692 g/mol. The summed E-state index contributed by atoms with van der Waals surface area (Å²) in [4.78, 5) is 45.5. The third-order valence-electron chi connectivity index (χ3n) is 7.18. The summed E-state index contributed by atoms with van der Waals surface area (Å²) < 4.78 is 11.1. The van der Waals surface area contributed by atoms with Gasteiger partial charge in [-0.05, 0) is 68.0 Å². The summed E-state index contributed by atoms with van der Waals surface area (Å²) >= 11 is 2.74. The normalized spacial score (nSPS) is 11.7. The van der Waals surface area contributed by atoms with Crippen molar-refractivity contribution in [1.29, 1.82) is 0 Å². The van der Waals surface area contributed by atoms with E-state index in [1.165, 1.54) is 23.1 Å². The Kier molecular flexibility index (Phi) is 12.2. The molecule has 11 heteroatoms. The molecular weight excluding hydrogens is 657 g/mol. The number of methoxy groups -OCH3 is 1. The van der Waals surface area contributed by atoms with Crippen molar-refractivity contribution in [2.45, 2.75) is 30.4 Å². The molecule has 1 aromatic heterocycles. The second-order valence-electron chi connectivity index (χ2n) is 10.6. The fraction of sp³-hybridized carbons (Fsp3) is 0.158. The Bertz CT molecular complexity index is 1940. The number of anilines is 2. The molecule has 3 amide bonds. The predicted molar refractivity (Wildman–Crippen MR) is 197 cm³/mol. The van der Waals surface area contributed by atoms with Gasteiger partial charge in [0.25, 0.3) is 11.8 Å². The molecule has 1 heterocycles. The van der Waals surface area contributed by atoms with E-state index in [0.717, 1.165) is 21.9 Å². The van der Waals surface area contributed by atoms with Gasteiger partial charge in [0.1, 0.15) is 17.2 Å². The van der Waals surface area contributed by atoms with Crippen LogP contribution in [-0.4, -0.2) is 41.7 Å². The zero-order valence-corrected chi connectivity index (χ0v) is 28.9. The molecule has 3 N–H and O–H groups in total. The number of amides is 3. The molecule has 0 saturated carbocycles. The average Bonchev–Trinajstić information content (AvgIpc) is 3.60. The maximum Gasteiger partial charge on any atom is 0.272 e. The molecule has 5 aromatic rings. The Labute approximate surface area is 293 Å². The van der Waals surface area contributed by atoms with Gasteiger partial charge in [-0.2, -0.15) is 0 Å². The molecule has 0 saturated heterocycles. The Hall–Kier alpha value is -5.39. The molecule has 0 bridgehead atoms. The first-order valence-electron chi connectivity index (χ1n) is 15.7. The highest BCUT2D eigenvalue weighted by Gasteiger charge is 2.21. The highest BCUT2D eigenvalue weighted by Crippen LogP contribution is 2.31. The predicted octanol–water partition coefficient (Wildman–Crippen LogP) is 8.14. The van der Waals surface area contributed by atoms with Crippen molar-refractivity contribution in [3.05, 3.63) is 125 Å². The lowest BCUT2D eigenvalue weighted by Crippen LogP contribution is -2.30. The van der Waals surface area contributed by atoms with Crippen molar-refractivity contribution in [2.75, 3.05) is 24.4 Å². The molecule has 0 aliphatic rings. The molecule has 4 aromatic carbocycles. The van der Waals surface area contributed by atoms with Crippen molar-refractivity contribution >= 4 is 57.7 Å². The smallest absolute Gasteiger partial charge is 0.272 e. The molecule has 49 heavy (non-hydrogen) atoms. The van der Waals surface area contributed by atoms with Gasteiger partial charge in [-0.15, -0.1) is 23.1 Å². The highest BCUT2D eigenvalue weighted by atomic mass is 32.2. The van der Waals surface area contributed by atoms with Crippen LogP contribution in [-0.2, 0) is 9.59 Å². The number of benzene rings is 4. The van der Waals surface area contributed by atoms with E-state index in [1.807, 2.05) is 73.8 Å². The molecule has 9 nitrogen and oxygen atoms in total. The number of carbonyl (C=O) groups excluding carboxylic acids is 3. The van der Waals surface area contributed by atoms with Crippen LogP contribution in [0.15, 0.2) is 119 Å². The number of para-hydroxylation sites is 1. The lowest BCUT2D eigenvalue weighted by Gasteiger charge is -2.15. The molecule has 0 spiro atoms. The molecule has 0 aliphatic carbocycles. The second kappa shape index (κ2) is 17.1. The van der Waals surface area contributed by atoms with Crippen LogP contribution in [0, 0.1) is 0 Å². The minimum atomic E-state index is -0.516. The lowest BCUT2D eigenvalue weighted by atomic mass is 10.1. The minimum Gasteiger partial charge on any atom is -0.497 e. The maximum absolute atomic E-state index is 13.7. The number of thioether (sulfide) groups is 1. The molecule has 5 rings (SSSR count). The fourth-order valence-electron chi connectivity index (χ4n) is 4.75. The van der Waals surface area contributed by atoms with Gasteiger partial charge in [-0.3, -0.25) is 14.4 Å². The molecule has 0 aliphatic heterocycles. The Morgan fingerprint density at radius 2 is 1.67 bits per heavy atom.